The molecule has 1 saturated heterocycles. The van der Waals surface area contributed by atoms with Crippen molar-refractivity contribution in [3.63, 3.8) is 0 Å². The summed E-state index contributed by atoms with van der Waals surface area (Å²) in [5.74, 6) is -4.74. The van der Waals surface area contributed by atoms with Crippen molar-refractivity contribution in [2.24, 2.45) is 11.8 Å². The van der Waals surface area contributed by atoms with Crippen molar-refractivity contribution in [2.75, 3.05) is 20.2 Å². The van der Waals surface area contributed by atoms with Crippen LogP contribution in [0.1, 0.15) is 144 Å². The SMILES string of the molecule is CCCCCC[C@H]1OC[C@@H](C)NC(=O)[C@H](CC(=O)OC(C)(C)C)NC(=O)[C@H](CNC(=O)OCc2ccccc2)NC(=O)[C@H](C2CCCCCC2)NC(=O)[C@H](CCC)N(C)C(=O)[C@@H]1C. The van der Waals surface area contributed by atoms with E-state index in [1.165, 1.54) is 4.90 Å². The zero-order chi connectivity index (χ0) is 46.5. The standard InChI is InChI=1S/C47H76N6O10/c1-9-11-12-20-26-38-32(4)45(59)53(8)37(21-10-2)43(57)52-40(34-24-18-13-14-19-25-34)44(58)51-36(28-48-46(60)62-30-33-22-16-15-17-23-33)42(56)50-35(27-39(54)63-47(5,6)7)41(55)49-31(3)29-61-38/h15-17,22-23,31-32,34-38,40H,9-14,18-21,24-30H2,1-8H3,(H,48,60)(H,49,55)(H,50,56)(H,51,58)(H,52,57)/t31-,32-,35+,36+,37+,38-,40+/m1/s1. The molecule has 2 aliphatic rings. The van der Waals surface area contributed by atoms with Gasteiger partial charge in [0, 0.05) is 13.1 Å². The molecule has 354 valence electrons. The highest BCUT2D eigenvalue weighted by atomic mass is 16.6. The number of amides is 6. The van der Waals surface area contributed by atoms with Gasteiger partial charge in [0.15, 0.2) is 0 Å². The number of esters is 1. The molecule has 2 fully saturated rings. The van der Waals surface area contributed by atoms with Crippen molar-refractivity contribution in [3.05, 3.63) is 35.9 Å². The first-order chi connectivity index (χ1) is 29.9. The molecular weight excluding hydrogens is 809 g/mol. The quantitative estimate of drug-likeness (QED) is 0.0936. The molecule has 16 heteroatoms. The van der Waals surface area contributed by atoms with Crippen molar-refractivity contribution in [1.29, 1.82) is 0 Å². The van der Waals surface area contributed by atoms with E-state index in [1.54, 1.807) is 65.9 Å². The zero-order valence-electron chi connectivity index (χ0n) is 39.1. The Hall–Kier alpha value is -4.73. The lowest BCUT2D eigenvalue weighted by Gasteiger charge is -2.34. The molecule has 0 radical (unpaired) electrons. The summed E-state index contributed by atoms with van der Waals surface area (Å²) < 4.78 is 17.3. The van der Waals surface area contributed by atoms with Gasteiger partial charge in [0.25, 0.3) is 0 Å². The monoisotopic (exact) mass is 885 g/mol. The molecule has 1 saturated carbocycles. The zero-order valence-corrected chi connectivity index (χ0v) is 39.1. The van der Waals surface area contributed by atoms with E-state index >= 15 is 0 Å². The molecule has 63 heavy (non-hydrogen) atoms. The summed E-state index contributed by atoms with van der Waals surface area (Å²) in [6.45, 7) is 12.1. The highest BCUT2D eigenvalue weighted by molar-refractivity contribution is 5.97. The summed E-state index contributed by atoms with van der Waals surface area (Å²) in [6, 6.07) is 3.40. The van der Waals surface area contributed by atoms with Crippen LogP contribution in [-0.2, 0) is 49.6 Å². The van der Waals surface area contributed by atoms with Crippen LogP contribution in [0.15, 0.2) is 30.3 Å². The van der Waals surface area contributed by atoms with Gasteiger partial charge in [0.1, 0.15) is 36.4 Å². The fraction of sp³-hybridized carbons (Fsp3) is 0.723. The number of nitrogens with zero attached hydrogens (tertiary/aromatic N) is 1. The van der Waals surface area contributed by atoms with E-state index in [9.17, 15) is 33.6 Å². The van der Waals surface area contributed by atoms with Gasteiger partial charge in [-0.1, -0.05) is 109 Å². The molecule has 0 aromatic heterocycles. The highest BCUT2D eigenvalue weighted by Crippen LogP contribution is 2.27. The first-order valence-electron chi connectivity index (χ1n) is 23.2. The van der Waals surface area contributed by atoms with Gasteiger partial charge in [-0.15, -0.1) is 0 Å². The third-order valence-electron chi connectivity index (χ3n) is 11.6. The maximum atomic E-state index is 14.6. The van der Waals surface area contributed by atoms with Crippen molar-refractivity contribution in [2.45, 2.75) is 187 Å². The fourth-order valence-electron chi connectivity index (χ4n) is 8.06. The Balaban J connectivity index is 2.08. The Kier molecular flexibility index (Phi) is 22.4. The summed E-state index contributed by atoms with van der Waals surface area (Å²) in [5.41, 5.74) is -0.163. The third kappa shape index (κ3) is 18.5. The number of hydrogen-bond donors (Lipinski definition) is 5. The Morgan fingerprint density at radius 2 is 1.44 bits per heavy atom. The van der Waals surface area contributed by atoms with Gasteiger partial charge >= 0.3 is 12.1 Å². The molecule has 0 unspecified atom stereocenters. The normalized spacial score (nSPS) is 25.5. The van der Waals surface area contributed by atoms with Gasteiger partial charge in [-0.3, -0.25) is 28.8 Å². The van der Waals surface area contributed by atoms with E-state index in [1.807, 2.05) is 13.0 Å². The smallest absolute Gasteiger partial charge is 0.407 e. The minimum Gasteiger partial charge on any atom is -0.460 e. The van der Waals surface area contributed by atoms with Gasteiger partial charge in [0.05, 0.1) is 31.6 Å². The first kappa shape index (κ1) is 52.6. The average Bonchev–Trinajstić information content (AvgIpc) is 3.53. The van der Waals surface area contributed by atoms with E-state index in [0.29, 0.717) is 32.1 Å². The lowest BCUT2D eigenvalue weighted by molar-refractivity contribution is -0.156. The second-order valence-corrected chi connectivity index (χ2v) is 18.3. The van der Waals surface area contributed by atoms with E-state index < -0.39 is 96.5 Å². The number of carbonyl (C=O) groups is 7. The Labute approximate surface area is 374 Å². The molecule has 1 aromatic carbocycles. The molecule has 3 rings (SSSR count). The molecule has 5 N–H and O–H groups in total. The summed E-state index contributed by atoms with van der Waals surface area (Å²) in [7, 11) is 1.60. The summed E-state index contributed by atoms with van der Waals surface area (Å²) in [4.78, 5) is 99.3. The summed E-state index contributed by atoms with van der Waals surface area (Å²) in [5, 5.41) is 13.8. The summed E-state index contributed by atoms with van der Waals surface area (Å²) in [6.07, 6.45) is 8.20. The minimum atomic E-state index is -1.49. The molecule has 0 bridgehead atoms. The van der Waals surface area contributed by atoms with Gasteiger partial charge < -0.3 is 45.7 Å². The third-order valence-corrected chi connectivity index (χ3v) is 11.6. The van der Waals surface area contributed by atoms with Crippen LogP contribution in [-0.4, -0.2) is 109 Å². The largest absolute Gasteiger partial charge is 0.460 e. The van der Waals surface area contributed by atoms with Crippen LogP contribution in [0.25, 0.3) is 0 Å². The number of unbranched alkanes of at least 4 members (excludes halogenated alkanes) is 3. The molecular formula is C47H76N6O10. The molecule has 1 heterocycles. The van der Waals surface area contributed by atoms with Gasteiger partial charge in [-0.25, -0.2) is 4.79 Å². The second kappa shape index (κ2) is 26.8. The van der Waals surface area contributed by atoms with E-state index in [4.69, 9.17) is 14.2 Å². The number of benzene rings is 1. The van der Waals surface area contributed by atoms with E-state index in [0.717, 1.165) is 56.9 Å². The number of alkyl carbamates (subject to hydrolysis) is 1. The van der Waals surface area contributed by atoms with E-state index in [-0.39, 0.29) is 25.0 Å². The topological polar surface area (TPSA) is 211 Å². The van der Waals surface area contributed by atoms with Gasteiger partial charge in [0.2, 0.25) is 29.5 Å². The second-order valence-electron chi connectivity index (χ2n) is 18.3. The van der Waals surface area contributed by atoms with Crippen molar-refractivity contribution >= 4 is 41.6 Å². The lowest BCUT2D eigenvalue weighted by Crippen LogP contribution is -2.62. The maximum absolute atomic E-state index is 14.6. The van der Waals surface area contributed by atoms with Gasteiger partial charge in [-0.2, -0.15) is 0 Å². The molecule has 6 amide bonds. The predicted molar refractivity (Wildman–Crippen MR) is 239 cm³/mol. The molecule has 1 aromatic rings. The van der Waals surface area contributed by atoms with Crippen LogP contribution < -0.4 is 26.6 Å². The van der Waals surface area contributed by atoms with Gasteiger partial charge in [-0.05, 0) is 64.9 Å². The number of rotatable bonds is 14. The fourth-order valence-corrected chi connectivity index (χ4v) is 8.06. The molecule has 1 aliphatic heterocycles. The van der Waals surface area contributed by atoms with Crippen LogP contribution in [0.4, 0.5) is 4.79 Å². The van der Waals surface area contributed by atoms with Crippen molar-refractivity contribution < 1.29 is 47.8 Å². The Morgan fingerprint density at radius 1 is 0.794 bits per heavy atom. The molecule has 16 nitrogen and oxygen atoms in total. The minimum absolute atomic E-state index is 0.00820. The predicted octanol–water partition coefficient (Wildman–Crippen LogP) is 5.21. The lowest BCUT2D eigenvalue weighted by atomic mass is 9.90. The van der Waals surface area contributed by atoms with Crippen LogP contribution >= 0.6 is 0 Å². The van der Waals surface area contributed by atoms with Crippen molar-refractivity contribution in [3.8, 4) is 0 Å². The average molecular weight is 885 g/mol. The number of nitrogens with one attached hydrogen (secondary N) is 5. The van der Waals surface area contributed by atoms with Crippen molar-refractivity contribution in [1.82, 2.24) is 31.5 Å². The Morgan fingerprint density at radius 3 is 2.08 bits per heavy atom. The van der Waals surface area contributed by atoms with E-state index in [2.05, 4.69) is 33.5 Å². The highest BCUT2D eigenvalue weighted by Gasteiger charge is 2.39. The number of carbonyl (C=O) groups excluding carboxylic acids is 7. The Bertz CT molecular complexity index is 1630. The van der Waals surface area contributed by atoms with Crippen LogP contribution in [0.3, 0.4) is 0 Å². The van der Waals surface area contributed by atoms with Crippen LogP contribution in [0.5, 0.6) is 0 Å². The molecule has 7 atom stereocenters. The first-order valence-corrected chi connectivity index (χ1v) is 23.2. The molecule has 1 aliphatic carbocycles. The van der Waals surface area contributed by atoms with Crippen LogP contribution in [0, 0.1) is 11.8 Å². The maximum Gasteiger partial charge on any atom is 0.407 e. The molecule has 0 spiro atoms. The number of hydrogen-bond acceptors (Lipinski definition) is 10. The number of likely N-dealkylation sites (N-methyl/N-ethyl adjacent to an activating group) is 1. The van der Waals surface area contributed by atoms with Crippen LogP contribution in [0.2, 0.25) is 0 Å². The number of ether oxygens (including phenoxy) is 3. The summed E-state index contributed by atoms with van der Waals surface area (Å²) >= 11 is 0.